The topological polar surface area (TPSA) is 81.2 Å². The summed E-state index contributed by atoms with van der Waals surface area (Å²) >= 11 is 1.66. The monoisotopic (exact) mass is 615 g/mol. The molecule has 3 amide bonds. The molecule has 6 atom stereocenters. The van der Waals surface area contributed by atoms with Gasteiger partial charge < -0.3 is 19.8 Å². The van der Waals surface area contributed by atoms with Gasteiger partial charge in [0.25, 0.3) is 5.91 Å². The van der Waals surface area contributed by atoms with E-state index in [0.717, 1.165) is 28.9 Å². The van der Waals surface area contributed by atoms with Crippen LogP contribution >= 0.6 is 11.8 Å². The molecule has 2 aromatic rings. The number of aryl methyl sites for hydroxylation is 2. The molecule has 2 bridgehead atoms. The average molecular weight is 616 g/mol. The van der Waals surface area contributed by atoms with Crippen molar-refractivity contribution in [1.82, 2.24) is 4.90 Å². The maximum atomic E-state index is 15.0. The third-order valence-corrected chi connectivity index (χ3v) is 11.5. The lowest BCUT2D eigenvalue weighted by Crippen LogP contribution is -2.58. The number of thioether (sulfide) groups is 1. The van der Waals surface area contributed by atoms with E-state index in [1.54, 1.807) is 38.6 Å². The summed E-state index contributed by atoms with van der Waals surface area (Å²) in [5.41, 5.74) is 3.51. The highest BCUT2D eigenvalue weighted by Gasteiger charge is 2.74. The quantitative estimate of drug-likeness (QED) is 0.317. The van der Waals surface area contributed by atoms with Crippen LogP contribution in [0.25, 0.3) is 0 Å². The second-order valence-electron chi connectivity index (χ2n) is 12.8. The van der Waals surface area contributed by atoms with Crippen molar-refractivity contribution in [1.29, 1.82) is 0 Å². The summed E-state index contributed by atoms with van der Waals surface area (Å²) in [5, 5.41) is 10.6. The molecule has 1 spiro atoms. The molecule has 3 fully saturated rings. The number of benzene rings is 2. The fraction of sp³-hybridized carbons (Fsp3) is 0.472. The van der Waals surface area contributed by atoms with Gasteiger partial charge in [-0.2, -0.15) is 0 Å². The van der Waals surface area contributed by atoms with Gasteiger partial charge in [-0.25, -0.2) is 0 Å². The minimum absolute atomic E-state index is 0.0735. The van der Waals surface area contributed by atoms with Gasteiger partial charge in [0.05, 0.1) is 29.2 Å². The molecule has 234 valence electrons. The molecule has 1 N–H and O–H groups in total. The molecular formula is C36H45N3O4S. The molecule has 8 heteroatoms. The Morgan fingerprint density at radius 1 is 1.02 bits per heavy atom. The van der Waals surface area contributed by atoms with Crippen LogP contribution in [0.5, 0.6) is 0 Å². The minimum atomic E-state index is -0.813. The summed E-state index contributed by atoms with van der Waals surface area (Å²) in [4.78, 5) is 49.5. The predicted octanol–water partition coefficient (Wildman–Crippen LogP) is 5.54. The van der Waals surface area contributed by atoms with Crippen molar-refractivity contribution in [2.24, 2.45) is 17.8 Å². The zero-order valence-electron chi connectivity index (χ0n) is 26.3. The lowest BCUT2D eigenvalue weighted by atomic mass is 9.70. The second kappa shape index (κ2) is 12.9. The fourth-order valence-electron chi connectivity index (χ4n) is 7.90. The molecule has 0 saturated carbocycles. The number of likely N-dealkylation sites (tertiary alicyclic amines) is 1. The summed E-state index contributed by atoms with van der Waals surface area (Å²) < 4.78 is -0.768. The van der Waals surface area contributed by atoms with Crippen molar-refractivity contribution in [2.75, 3.05) is 29.5 Å². The average Bonchev–Trinajstić information content (AvgIpc) is 3.65. The third kappa shape index (κ3) is 5.30. The van der Waals surface area contributed by atoms with Crippen molar-refractivity contribution in [3.05, 3.63) is 85.0 Å². The first-order valence-electron chi connectivity index (χ1n) is 15.7. The number of aliphatic hydroxyl groups excluding tert-OH is 1. The van der Waals surface area contributed by atoms with Crippen molar-refractivity contribution < 1.29 is 19.5 Å². The summed E-state index contributed by atoms with van der Waals surface area (Å²) in [6.45, 7) is 16.3. The molecule has 3 aliphatic rings. The van der Waals surface area contributed by atoms with Crippen molar-refractivity contribution in [3.63, 3.8) is 0 Å². The van der Waals surface area contributed by atoms with Gasteiger partial charge in [0, 0.05) is 29.7 Å². The maximum absolute atomic E-state index is 15.0. The SMILES string of the molecule is C=CCN(C(=O)[C@@H]1[C@H]2C(=O)N([C@@H](CO)CC(C)C)C(C(=O)N(CC=C)c3c(C)cccc3C)C23CC[C@H]1S3)c1ccccc1. The van der Waals surface area contributed by atoms with Crippen LogP contribution in [0.1, 0.15) is 44.2 Å². The van der Waals surface area contributed by atoms with Crippen LogP contribution in [0, 0.1) is 31.6 Å². The van der Waals surface area contributed by atoms with Gasteiger partial charge in [-0.15, -0.1) is 24.9 Å². The number of rotatable bonds is 12. The van der Waals surface area contributed by atoms with Gasteiger partial charge in [0.1, 0.15) is 6.04 Å². The van der Waals surface area contributed by atoms with Crippen LogP contribution in [0.3, 0.4) is 0 Å². The summed E-state index contributed by atoms with van der Waals surface area (Å²) in [6, 6.07) is 14.1. The molecule has 7 nitrogen and oxygen atoms in total. The number of anilines is 2. The Kier molecular flexibility index (Phi) is 9.42. The van der Waals surface area contributed by atoms with Gasteiger partial charge >= 0.3 is 0 Å². The number of para-hydroxylation sites is 2. The van der Waals surface area contributed by atoms with Crippen molar-refractivity contribution in [3.8, 4) is 0 Å². The van der Waals surface area contributed by atoms with Crippen LogP contribution in [0.4, 0.5) is 11.4 Å². The Hall–Kier alpha value is -3.36. The Balaban J connectivity index is 1.63. The first-order chi connectivity index (χ1) is 21.1. The standard InChI is InChI=1S/C36H45N3O4S/c1-7-19-37(26-15-10-9-11-16-26)33(41)29-28-17-18-36(44-28)30(29)34(42)39(27(22-40)21-23(3)4)32(36)35(43)38(20-8-2)31-24(5)13-12-14-25(31)6/h7-16,23,27-30,32,40H,1-2,17-22H2,3-6H3/t27-,28-,29+,30+,32?,36?/m1/s1. The van der Waals surface area contributed by atoms with Gasteiger partial charge in [-0.05, 0) is 62.3 Å². The number of hydrogen-bond acceptors (Lipinski definition) is 5. The third-order valence-electron chi connectivity index (χ3n) is 9.54. The number of amides is 3. The minimum Gasteiger partial charge on any atom is -0.394 e. The Labute approximate surface area is 266 Å². The number of aliphatic hydroxyl groups is 1. The molecule has 0 aromatic heterocycles. The van der Waals surface area contributed by atoms with Gasteiger partial charge in [0.15, 0.2) is 0 Å². The van der Waals surface area contributed by atoms with Crippen molar-refractivity contribution in [2.45, 2.75) is 69.0 Å². The number of carbonyl (C=O) groups excluding carboxylic acids is 3. The van der Waals surface area contributed by atoms with Crippen LogP contribution < -0.4 is 9.80 Å². The molecule has 2 aromatic carbocycles. The molecule has 0 radical (unpaired) electrons. The molecule has 3 saturated heterocycles. The highest BCUT2D eigenvalue weighted by atomic mass is 32.2. The Bertz CT molecular complexity index is 1410. The van der Waals surface area contributed by atoms with E-state index in [9.17, 15) is 14.7 Å². The number of hydrogen-bond donors (Lipinski definition) is 1. The zero-order valence-corrected chi connectivity index (χ0v) is 27.1. The number of nitrogens with zero attached hydrogens (tertiary/aromatic N) is 3. The van der Waals surface area contributed by atoms with Crippen LogP contribution in [0.2, 0.25) is 0 Å². The fourth-order valence-corrected chi connectivity index (χ4v) is 10.1. The largest absolute Gasteiger partial charge is 0.394 e. The summed E-state index contributed by atoms with van der Waals surface area (Å²) in [7, 11) is 0. The van der Waals surface area contributed by atoms with Crippen LogP contribution in [0.15, 0.2) is 73.8 Å². The second-order valence-corrected chi connectivity index (χ2v) is 14.4. The maximum Gasteiger partial charge on any atom is 0.251 e. The van der Waals surface area contributed by atoms with Gasteiger partial charge in [-0.1, -0.05) is 62.4 Å². The molecule has 44 heavy (non-hydrogen) atoms. The van der Waals surface area contributed by atoms with E-state index in [4.69, 9.17) is 0 Å². The predicted molar refractivity (Wildman–Crippen MR) is 179 cm³/mol. The number of fused-ring (bicyclic) bond motifs is 1. The normalized spacial score (nSPS) is 26.0. The summed E-state index contributed by atoms with van der Waals surface area (Å²) in [5.74, 6) is -1.51. The van der Waals surface area contributed by atoms with E-state index in [1.165, 1.54) is 0 Å². The van der Waals surface area contributed by atoms with Gasteiger partial charge in [0.2, 0.25) is 11.8 Å². The van der Waals surface area contributed by atoms with Crippen molar-refractivity contribution >= 4 is 40.9 Å². The lowest BCUT2D eigenvalue weighted by molar-refractivity contribution is -0.142. The van der Waals surface area contributed by atoms with E-state index in [1.807, 2.05) is 62.4 Å². The molecule has 3 heterocycles. The Morgan fingerprint density at radius 3 is 2.25 bits per heavy atom. The van der Waals surface area contributed by atoms with E-state index < -0.39 is 28.7 Å². The smallest absolute Gasteiger partial charge is 0.251 e. The molecule has 2 unspecified atom stereocenters. The lowest BCUT2D eigenvalue weighted by Gasteiger charge is -2.40. The van der Waals surface area contributed by atoms with Crippen LogP contribution in [-0.2, 0) is 14.4 Å². The molecule has 5 rings (SSSR count). The molecular weight excluding hydrogens is 570 g/mol. The van der Waals surface area contributed by atoms with Gasteiger partial charge in [-0.3, -0.25) is 14.4 Å². The molecule has 3 aliphatic heterocycles. The van der Waals surface area contributed by atoms with Crippen LogP contribution in [-0.4, -0.2) is 69.5 Å². The Morgan fingerprint density at radius 2 is 1.66 bits per heavy atom. The van der Waals surface area contributed by atoms with E-state index in [-0.39, 0.29) is 42.0 Å². The van der Waals surface area contributed by atoms with E-state index in [0.29, 0.717) is 19.4 Å². The van der Waals surface area contributed by atoms with E-state index in [2.05, 4.69) is 27.0 Å². The first kappa shape index (κ1) is 32.0. The summed E-state index contributed by atoms with van der Waals surface area (Å²) in [6.07, 6.45) is 5.39. The van der Waals surface area contributed by atoms with E-state index >= 15 is 4.79 Å². The first-order valence-corrected chi connectivity index (χ1v) is 16.6. The highest BCUT2D eigenvalue weighted by molar-refractivity contribution is 8.02. The zero-order chi connectivity index (χ0) is 31.8. The highest BCUT2D eigenvalue weighted by Crippen LogP contribution is 2.67. The number of carbonyl (C=O) groups is 3. The molecule has 0 aliphatic carbocycles.